The molecule has 2 heterocycles. The van der Waals surface area contributed by atoms with Crippen molar-refractivity contribution in [2.45, 2.75) is 13.0 Å². The molecule has 0 spiro atoms. The number of imidazole rings is 1. The molecular weight excluding hydrogens is 288 g/mol. The summed E-state index contributed by atoms with van der Waals surface area (Å²) in [5.41, 5.74) is 1.46. The van der Waals surface area contributed by atoms with Gasteiger partial charge in [0.15, 0.2) is 5.69 Å². The van der Waals surface area contributed by atoms with Gasteiger partial charge in [-0.1, -0.05) is 0 Å². The van der Waals surface area contributed by atoms with Gasteiger partial charge >= 0.3 is 5.97 Å². The lowest BCUT2D eigenvalue weighted by Gasteiger charge is -2.11. The number of halogens is 1. The molecule has 6 heteroatoms. The number of fused-ring (bicyclic) bond motifs is 1. The van der Waals surface area contributed by atoms with Gasteiger partial charge < -0.3 is 14.2 Å². The van der Waals surface area contributed by atoms with E-state index in [2.05, 4.69) is 20.9 Å². The number of rotatable bonds is 3. The van der Waals surface area contributed by atoms with Crippen molar-refractivity contribution in [2.75, 3.05) is 7.11 Å². The highest BCUT2D eigenvalue weighted by molar-refractivity contribution is 9.10. The van der Waals surface area contributed by atoms with Gasteiger partial charge in [-0.3, -0.25) is 0 Å². The van der Waals surface area contributed by atoms with Crippen LogP contribution in [0, 0.1) is 0 Å². The smallest absolute Gasteiger partial charge is 0.356 e. The van der Waals surface area contributed by atoms with Gasteiger partial charge in [0, 0.05) is 29.5 Å². The number of aromatic carboxylic acids is 1. The first-order valence-corrected chi connectivity index (χ1v) is 5.76. The number of pyridine rings is 1. The van der Waals surface area contributed by atoms with Crippen LogP contribution < -0.4 is 0 Å². The fourth-order valence-electron chi connectivity index (χ4n) is 1.62. The molecule has 0 bridgehead atoms. The summed E-state index contributed by atoms with van der Waals surface area (Å²) >= 11 is 3.38. The SMILES string of the molecule is CO[C@@H](C)c1cc(Br)cn2cc(C(=O)O)nc12. The van der Waals surface area contributed by atoms with Gasteiger partial charge in [-0.05, 0) is 28.9 Å². The molecule has 0 fully saturated rings. The maximum atomic E-state index is 10.9. The van der Waals surface area contributed by atoms with E-state index in [9.17, 15) is 4.79 Å². The van der Waals surface area contributed by atoms with Gasteiger partial charge in [0.1, 0.15) is 5.65 Å². The van der Waals surface area contributed by atoms with E-state index in [4.69, 9.17) is 9.84 Å². The lowest BCUT2D eigenvalue weighted by Crippen LogP contribution is -2.00. The number of hydrogen-bond donors (Lipinski definition) is 1. The summed E-state index contributed by atoms with van der Waals surface area (Å²) in [5, 5.41) is 8.92. The van der Waals surface area contributed by atoms with E-state index >= 15 is 0 Å². The van der Waals surface area contributed by atoms with Crippen molar-refractivity contribution in [3.63, 3.8) is 0 Å². The van der Waals surface area contributed by atoms with E-state index in [1.807, 2.05) is 13.0 Å². The first-order valence-electron chi connectivity index (χ1n) is 4.97. The highest BCUT2D eigenvalue weighted by Gasteiger charge is 2.15. The van der Waals surface area contributed by atoms with Gasteiger partial charge in [-0.15, -0.1) is 0 Å². The van der Waals surface area contributed by atoms with Crippen molar-refractivity contribution in [1.82, 2.24) is 9.38 Å². The molecule has 0 aliphatic carbocycles. The number of carboxylic acid groups (broad SMARTS) is 1. The van der Waals surface area contributed by atoms with Gasteiger partial charge in [0.2, 0.25) is 0 Å². The molecule has 2 rings (SSSR count). The fraction of sp³-hybridized carbons (Fsp3) is 0.273. The summed E-state index contributed by atoms with van der Waals surface area (Å²) in [6.07, 6.45) is 3.09. The average Bonchev–Trinajstić information content (AvgIpc) is 2.70. The predicted molar refractivity (Wildman–Crippen MR) is 65.3 cm³/mol. The molecule has 1 N–H and O–H groups in total. The Hall–Kier alpha value is -1.40. The zero-order valence-corrected chi connectivity index (χ0v) is 10.9. The molecule has 0 amide bonds. The number of methoxy groups -OCH3 is 1. The number of carboxylic acids is 1. The molecule has 2 aromatic rings. The standard InChI is InChI=1S/C11H11BrN2O3/c1-6(17-2)8-3-7(12)4-14-5-9(11(15)16)13-10(8)14/h3-6H,1-2H3,(H,15,16)/t6-/m0/s1. The number of nitrogens with zero attached hydrogens (tertiary/aromatic N) is 2. The molecule has 0 radical (unpaired) electrons. The van der Waals surface area contributed by atoms with E-state index < -0.39 is 5.97 Å². The Kier molecular flexibility index (Phi) is 3.17. The molecular formula is C11H11BrN2O3. The molecule has 90 valence electrons. The van der Waals surface area contributed by atoms with Gasteiger partial charge in [0.25, 0.3) is 0 Å². The Balaban J connectivity index is 2.69. The van der Waals surface area contributed by atoms with Gasteiger partial charge in [-0.2, -0.15) is 0 Å². The van der Waals surface area contributed by atoms with E-state index in [0.717, 1.165) is 10.0 Å². The molecule has 0 unspecified atom stereocenters. The maximum absolute atomic E-state index is 10.9. The molecule has 17 heavy (non-hydrogen) atoms. The van der Waals surface area contributed by atoms with Crippen LogP contribution >= 0.6 is 15.9 Å². The summed E-state index contributed by atoms with van der Waals surface area (Å²) < 4.78 is 7.77. The monoisotopic (exact) mass is 298 g/mol. The third-order valence-corrected chi connectivity index (χ3v) is 2.99. The first-order chi connectivity index (χ1) is 8.02. The topological polar surface area (TPSA) is 63.8 Å². The summed E-state index contributed by atoms with van der Waals surface area (Å²) in [6.45, 7) is 1.89. The van der Waals surface area contributed by atoms with E-state index in [-0.39, 0.29) is 11.8 Å². The minimum atomic E-state index is -1.04. The number of aromatic nitrogens is 2. The third-order valence-electron chi connectivity index (χ3n) is 2.56. The summed E-state index contributed by atoms with van der Waals surface area (Å²) in [4.78, 5) is 15.0. The molecule has 2 aromatic heterocycles. The van der Waals surface area contributed by atoms with Crippen LogP contribution in [0.1, 0.15) is 29.1 Å². The fourth-order valence-corrected chi connectivity index (χ4v) is 2.09. The normalized spacial score (nSPS) is 12.9. The van der Waals surface area contributed by atoms with Crippen LogP contribution in [-0.4, -0.2) is 27.6 Å². The van der Waals surface area contributed by atoms with Crippen LogP contribution in [0.5, 0.6) is 0 Å². The van der Waals surface area contributed by atoms with Gasteiger partial charge in [0.05, 0.1) is 6.10 Å². The Morgan fingerprint density at radius 1 is 1.59 bits per heavy atom. The Morgan fingerprint density at radius 3 is 2.88 bits per heavy atom. The quantitative estimate of drug-likeness (QED) is 0.945. The van der Waals surface area contributed by atoms with Crippen LogP contribution in [0.2, 0.25) is 0 Å². The molecule has 0 saturated carbocycles. The number of ether oxygens (including phenoxy) is 1. The highest BCUT2D eigenvalue weighted by Crippen LogP contribution is 2.25. The lowest BCUT2D eigenvalue weighted by atomic mass is 10.2. The second-order valence-electron chi connectivity index (χ2n) is 3.65. The van der Waals surface area contributed by atoms with Crippen molar-refractivity contribution in [3.05, 3.63) is 34.2 Å². The van der Waals surface area contributed by atoms with Crippen LogP contribution in [-0.2, 0) is 4.74 Å². The van der Waals surface area contributed by atoms with Crippen LogP contribution in [0.3, 0.4) is 0 Å². The molecule has 0 saturated heterocycles. The summed E-state index contributed by atoms with van der Waals surface area (Å²) in [5.74, 6) is -1.04. The minimum absolute atomic E-state index is 0.0210. The maximum Gasteiger partial charge on any atom is 0.356 e. The zero-order valence-electron chi connectivity index (χ0n) is 9.35. The first kappa shape index (κ1) is 12.1. The predicted octanol–water partition coefficient (Wildman–Crippen LogP) is 2.50. The second-order valence-corrected chi connectivity index (χ2v) is 4.57. The largest absolute Gasteiger partial charge is 0.476 e. The Labute approximate surface area is 106 Å². The zero-order chi connectivity index (χ0) is 12.6. The van der Waals surface area contributed by atoms with Crippen LogP contribution in [0.4, 0.5) is 0 Å². The van der Waals surface area contributed by atoms with E-state index in [0.29, 0.717) is 5.65 Å². The number of hydrogen-bond acceptors (Lipinski definition) is 3. The molecule has 5 nitrogen and oxygen atoms in total. The Bertz CT molecular complexity index is 579. The van der Waals surface area contributed by atoms with Crippen molar-refractivity contribution in [3.8, 4) is 0 Å². The average molecular weight is 299 g/mol. The second kappa shape index (κ2) is 4.46. The highest BCUT2D eigenvalue weighted by atomic mass is 79.9. The van der Waals surface area contributed by atoms with E-state index in [1.165, 1.54) is 6.20 Å². The lowest BCUT2D eigenvalue weighted by molar-refractivity contribution is 0.0691. The molecule has 0 aliphatic rings. The van der Waals surface area contributed by atoms with Crippen molar-refractivity contribution >= 4 is 27.5 Å². The van der Waals surface area contributed by atoms with Crippen molar-refractivity contribution in [1.29, 1.82) is 0 Å². The molecule has 0 aliphatic heterocycles. The Morgan fingerprint density at radius 2 is 2.29 bits per heavy atom. The number of carbonyl (C=O) groups is 1. The van der Waals surface area contributed by atoms with Crippen LogP contribution in [0.15, 0.2) is 22.9 Å². The molecule has 1 atom stereocenters. The third kappa shape index (κ3) is 2.18. The van der Waals surface area contributed by atoms with Crippen molar-refractivity contribution < 1.29 is 14.6 Å². The van der Waals surface area contributed by atoms with Gasteiger partial charge in [-0.25, -0.2) is 9.78 Å². The van der Waals surface area contributed by atoms with Crippen LogP contribution in [0.25, 0.3) is 5.65 Å². The van der Waals surface area contributed by atoms with E-state index in [1.54, 1.807) is 17.7 Å². The summed E-state index contributed by atoms with van der Waals surface area (Å²) in [6, 6.07) is 1.88. The summed E-state index contributed by atoms with van der Waals surface area (Å²) in [7, 11) is 1.60. The molecule has 0 aromatic carbocycles. The van der Waals surface area contributed by atoms with Crippen molar-refractivity contribution in [2.24, 2.45) is 0 Å². The minimum Gasteiger partial charge on any atom is -0.476 e.